The van der Waals surface area contributed by atoms with Crippen molar-refractivity contribution in [1.82, 2.24) is 9.97 Å². The van der Waals surface area contributed by atoms with Crippen molar-refractivity contribution in [1.29, 1.82) is 0 Å². The first-order chi connectivity index (χ1) is 12.2. The van der Waals surface area contributed by atoms with E-state index < -0.39 is 0 Å². The molecule has 1 aliphatic rings. The number of rotatable bonds is 8. The molecule has 134 valence electrons. The van der Waals surface area contributed by atoms with E-state index in [1.54, 1.807) is 7.11 Å². The van der Waals surface area contributed by atoms with Gasteiger partial charge in [-0.25, -0.2) is 9.97 Å². The summed E-state index contributed by atoms with van der Waals surface area (Å²) in [6, 6.07) is 10.1. The van der Waals surface area contributed by atoms with Gasteiger partial charge in [-0.05, 0) is 43.9 Å². The van der Waals surface area contributed by atoms with Gasteiger partial charge in [0.25, 0.3) is 0 Å². The summed E-state index contributed by atoms with van der Waals surface area (Å²) in [6.07, 6.45) is 3.48. The van der Waals surface area contributed by atoms with Gasteiger partial charge in [0, 0.05) is 25.8 Å². The van der Waals surface area contributed by atoms with Gasteiger partial charge in [0.15, 0.2) is 0 Å². The zero-order chi connectivity index (χ0) is 17.5. The maximum Gasteiger partial charge on any atom is 0.131 e. The normalized spacial score (nSPS) is 16.6. The molecule has 0 aliphatic carbocycles. The molecular formula is C19H26N4O2. The van der Waals surface area contributed by atoms with Crippen LogP contribution in [-0.2, 0) is 11.2 Å². The number of benzene rings is 1. The van der Waals surface area contributed by atoms with Crippen molar-refractivity contribution in [3.63, 3.8) is 0 Å². The zero-order valence-electron chi connectivity index (χ0n) is 14.9. The lowest BCUT2D eigenvalue weighted by Gasteiger charge is -2.13. The van der Waals surface area contributed by atoms with Crippen LogP contribution >= 0.6 is 0 Å². The smallest absolute Gasteiger partial charge is 0.131 e. The first-order valence-electron chi connectivity index (χ1n) is 8.81. The molecule has 6 nitrogen and oxygen atoms in total. The van der Waals surface area contributed by atoms with Crippen LogP contribution in [0.15, 0.2) is 30.3 Å². The molecule has 3 rings (SSSR count). The average molecular weight is 342 g/mol. The number of nitrogens with one attached hydrogen (secondary N) is 2. The minimum Gasteiger partial charge on any atom is -0.497 e. The van der Waals surface area contributed by atoms with E-state index in [4.69, 9.17) is 9.47 Å². The van der Waals surface area contributed by atoms with E-state index in [0.717, 1.165) is 62.2 Å². The van der Waals surface area contributed by atoms with Gasteiger partial charge in [-0.3, -0.25) is 0 Å². The van der Waals surface area contributed by atoms with E-state index in [-0.39, 0.29) is 0 Å². The lowest BCUT2D eigenvalue weighted by atomic mass is 10.1. The van der Waals surface area contributed by atoms with Gasteiger partial charge in [-0.15, -0.1) is 0 Å². The van der Waals surface area contributed by atoms with Crippen molar-refractivity contribution < 1.29 is 9.47 Å². The zero-order valence-corrected chi connectivity index (χ0v) is 14.9. The highest BCUT2D eigenvalue weighted by atomic mass is 16.5. The van der Waals surface area contributed by atoms with Crippen molar-refractivity contribution in [2.24, 2.45) is 0 Å². The van der Waals surface area contributed by atoms with Crippen LogP contribution in [0.3, 0.4) is 0 Å². The summed E-state index contributed by atoms with van der Waals surface area (Å²) in [5.41, 5.74) is 1.26. The Labute approximate surface area is 149 Å². The van der Waals surface area contributed by atoms with E-state index in [1.807, 2.05) is 25.1 Å². The minimum absolute atomic E-state index is 0.293. The van der Waals surface area contributed by atoms with Gasteiger partial charge in [-0.1, -0.05) is 12.1 Å². The Bertz CT molecular complexity index is 670. The quantitative estimate of drug-likeness (QED) is 0.768. The molecule has 0 spiro atoms. The van der Waals surface area contributed by atoms with Crippen LogP contribution in [0.5, 0.6) is 5.75 Å². The fourth-order valence-corrected chi connectivity index (χ4v) is 2.90. The molecule has 2 heterocycles. The van der Waals surface area contributed by atoms with E-state index >= 15 is 0 Å². The third-order valence-electron chi connectivity index (χ3n) is 4.25. The molecule has 0 amide bonds. The fraction of sp³-hybridized carbons (Fsp3) is 0.474. The third-order valence-corrected chi connectivity index (χ3v) is 4.25. The monoisotopic (exact) mass is 342 g/mol. The summed E-state index contributed by atoms with van der Waals surface area (Å²) in [5.74, 6) is 3.32. The van der Waals surface area contributed by atoms with Crippen molar-refractivity contribution in [2.45, 2.75) is 32.3 Å². The Balaban J connectivity index is 1.50. The van der Waals surface area contributed by atoms with E-state index in [1.165, 1.54) is 5.56 Å². The van der Waals surface area contributed by atoms with Crippen LogP contribution in [0.1, 0.15) is 24.2 Å². The largest absolute Gasteiger partial charge is 0.497 e. The molecule has 1 aliphatic heterocycles. The molecule has 2 aromatic rings. The molecule has 1 atom stereocenters. The Morgan fingerprint density at radius 1 is 1.16 bits per heavy atom. The Hall–Kier alpha value is -2.34. The van der Waals surface area contributed by atoms with E-state index in [0.29, 0.717) is 6.10 Å². The number of hydrogen-bond acceptors (Lipinski definition) is 6. The van der Waals surface area contributed by atoms with Crippen LogP contribution in [0, 0.1) is 6.92 Å². The second kappa shape index (κ2) is 8.67. The van der Waals surface area contributed by atoms with Crippen molar-refractivity contribution in [3.05, 3.63) is 41.7 Å². The van der Waals surface area contributed by atoms with Gasteiger partial charge in [0.1, 0.15) is 23.2 Å². The molecular weight excluding hydrogens is 316 g/mol. The molecule has 1 fully saturated rings. The molecule has 6 heteroatoms. The molecule has 0 saturated carbocycles. The van der Waals surface area contributed by atoms with Gasteiger partial charge >= 0.3 is 0 Å². The van der Waals surface area contributed by atoms with Crippen LogP contribution < -0.4 is 15.4 Å². The minimum atomic E-state index is 0.293. The maximum absolute atomic E-state index is 5.64. The highest BCUT2D eigenvalue weighted by Crippen LogP contribution is 2.16. The number of hydrogen-bond donors (Lipinski definition) is 2. The van der Waals surface area contributed by atoms with Crippen LogP contribution in [-0.4, -0.2) is 42.9 Å². The first kappa shape index (κ1) is 17.5. The predicted octanol–water partition coefficient (Wildman–Crippen LogP) is 3.04. The third kappa shape index (κ3) is 5.32. The average Bonchev–Trinajstić information content (AvgIpc) is 3.14. The highest BCUT2D eigenvalue weighted by molar-refractivity contribution is 5.47. The molecule has 1 saturated heterocycles. The Morgan fingerprint density at radius 3 is 2.60 bits per heavy atom. The van der Waals surface area contributed by atoms with Crippen LogP contribution in [0.25, 0.3) is 0 Å². The predicted molar refractivity (Wildman–Crippen MR) is 99.4 cm³/mol. The van der Waals surface area contributed by atoms with Crippen LogP contribution in [0.2, 0.25) is 0 Å². The number of nitrogens with zero attached hydrogens (tertiary/aromatic N) is 2. The lowest BCUT2D eigenvalue weighted by molar-refractivity contribution is 0.120. The number of ether oxygens (including phenoxy) is 2. The second-order valence-electron chi connectivity index (χ2n) is 6.23. The molecule has 1 aromatic carbocycles. The first-order valence-corrected chi connectivity index (χ1v) is 8.81. The topological polar surface area (TPSA) is 68.3 Å². The fourth-order valence-electron chi connectivity index (χ4n) is 2.90. The summed E-state index contributed by atoms with van der Waals surface area (Å²) < 4.78 is 10.8. The SMILES string of the molecule is COc1ccc(CCNc2cc(NCC3CCCO3)nc(C)n2)cc1. The molecule has 25 heavy (non-hydrogen) atoms. The lowest BCUT2D eigenvalue weighted by Crippen LogP contribution is -2.19. The van der Waals surface area contributed by atoms with Gasteiger partial charge < -0.3 is 20.1 Å². The van der Waals surface area contributed by atoms with Crippen LogP contribution in [0.4, 0.5) is 11.6 Å². The number of aryl methyl sites for hydroxylation is 1. The second-order valence-corrected chi connectivity index (χ2v) is 6.23. The van der Waals surface area contributed by atoms with E-state index in [9.17, 15) is 0 Å². The number of anilines is 2. The molecule has 0 bridgehead atoms. The standard InChI is InChI=1S/C19H26N4O2/c1-14-22-18(12-19(23-14)21-13-17-4-3-11-25-17)20-10-9-15-5-7-16(24-2)8-6-15/h5-8,12,17H,3-4,9-11,13H2,1-2H3,(H2,20,21,22,23). The van der Waals surface area contributed by atoms with E-state index in [2.05, 4.69) is 32.7 Å². The summed E-state index contributed by atoms with van der Waals surface area (Å²) in [7, 11) is 1.68. The summed E-state index contributed by atoms with van der Waals surface area (Å²) in [4.78, 5) is 8.91. The summed E-state index contributed by atoms with van der Waals surface area (Å²) in [6.45, 7) is 4.38. The van der Waals surface area contributed by atoms with Gasteiger partial charge in [0.2, 0.25) is 0 Å². The molecule has 2 N–H and O–H groups in total. The van der Waals surface area contributed by atoms with Gasteiger partial charge in [0.05, 0.1) is 13.2 Å². The Kier molecular flexibility index (Phi) is 6.06. The summed E-state index contributed by atoms with van der Waals surface area (Å²) >= 11 is 0. The van der Waals surface area contributed by atoms with Crippen molar-refractivity contribution >= 4 is 11.6 Å². The molecule has 0 radical (unpaired) electrons. The number of methoxy groups -OCH3 is 1. The van der Waals surface area contributed by atoms with Crippen molar-refractivity contribution in [2.75, 3.05) is 37.4 Å². The summed E-state index contributed by atoms with van der Waals surface area (Å²) in [5, 5.41) is 6.74. The molecule has 1 aromatic heterocycles. The number of aromatic nitrogens is 2. The van der Waals surface area contributed by atoms with Gasteiger partial charge in [-0.2, -0.15) is 0 Å². The Morgan fingerprint density at radius 2 is 1.92 bits per heavy atom. The van der Waals surface area contributed by atoms with Crippen molar-refractivity contribution in [3.8, 4) is 5.75 Å². The highest BCUT2D eigenvalue weighted by Gasteiger charge is 2.15. The molecule has 1 unspecified atom stereocenters. The maximum atomic E-state index is 5.64.